The molecule has 0 aliphatic heterocycles. The van der Waals surface area contributed by atoms with Gasteiger partial charge in [-0.15, -0.1) is 0 Å². The first kappa shape index (κ1) is 42.4. The maximum atomic E-state index is 12.7. The monoisotopic (exact) mass is 865 g/mol. The van der Waals surface area contributed by atoms with Gasteiger partial charge in [-0.3, -0.25) is 0 Å². The van der Waals surface area contributed by atoms with E-state index in [4.69, 9.17) is 17.0 Å². The van der Waals surface area contributed by atoms with Gasteiger partial charge >= 0.3 is 346 Å². The van der Waals surface area contributed by atoms with Gasteiger partial charge < -0.3 is 0 Å². The number of hydrogen-bond donors (Lipinski definition) is 2. The van der Waals surface area contributed by atoms with Gasteiger partial charge in [0.25, 0.3) is 0 Å². The topological polar surface area (TPSA) is 58.2 Å². The van der Waals surface area contributed by atoms with Crippen LogP contribution in [0.2, 0.25) is 0 Å². The third-order valence-corrected chi connectivity index (χ3v) is 32.4. The van der Waals surface area contributed by atoms with Gasteiger partial charge in [0.05, 0.1) is 0 Å². The Morgan fingerprint density at radius 1 is 0.589 bits per heavy atom. The molecule has 2 amide bonds. The molecule has 56 heavy (non-hydrogen) atoms. The van der Waals surface area contributed by atoms with E-state index in [0.29, 0.717) is 24.7 Å². The Bertz CT molecular complexity index is 2010. The number of amides is 2. The summed E-state index contributed by atoms with van der Waals surface area (Å²) in [6.07, 6.45) is 9.70. The molecule has 0 saturated carbocycles. The molecule has 0 fully saturated rings. The molecule has 0 saturated heterocycles. The maximum absolute atomic E-state index is 12.7. The average molecular weight is 868 g/mol. The zero-order valence-electron chi connectivity index (χ0n) is 34.3. The van der Waals surface area contributed by atoms with E-state index in [2.05, 4.69) is 163 Å². The SMILES string of the molecule is CCC(C)C1=Cc2c(-c3ccccc3CC(C)C)cccc2[CH]1[Zr]([Cl])([Cl])([B](NC=O)NC=O)[CH]1C(C(C)CC)=Cc2c(-c3ccccc3CC(C)C)cccc21. The summed E-state index contributed by atoms with van der Waals surface area (Å²) in [5, 5.41) is 6.08. The quantitative estimate of drug-likeness (QED) is 0.0820. The van der Waals surface area contributed by atoms with E-state index in [0.717, 1.165) is 59.1 Å². The van der Waals surface area contributed by atoms with Gasteiger partial charge in [0.15, 0.2) is 0 Å². The van der Waals surface area contributed by atoms with Gasteiger partial charge in [0, 0.05) is 0 Å². The molecule has 4 unspecified atom stereocenters. The predicted molar refractivity (Wildman–Crippen MR) is 237 cm³/mol. The molecule has 2 aliphatic carbocycles. The molecule has 0 radical (unpaired) electrons. The summed E-state index contributed by atoms with van der Waals surface area (Å²) in [6, 6.07) is 30.5. The van der Waals surface area contributed by atoms with Crippen molar-refractivity contribution in [1.29, 1.82) is 0 Å². The summed E-state index contributed by atoms with van der Waals surface area (Å²) in [5.74, 6) is 1.25. The van der Waals surface area contributed by atoms with E-state index in [1.54, 1.807) is 0 Å². The molecule has 6 rings (SSSR count). The first-order valence-corrected chi connectivity index (χ1v) is 31.2. The normalized spacial score (nSPS) is 18.0. The Hall–Kier alpha value is -3.17. The number of hydrogen-bond acceptors (Lipinski definition) is 2. The van der Waals surface area contributed by atoms with Gasteiger partial charge in [0.1, 0.15) is 0 Å². The van der Waals surface area contributed by atoms with Crippen molar-refractivity contribution in [2.24, 2.45) is 23.7 Å². The van der Waals surface area contributed by atoms with Crippen molar-refractivity contribution in [3.05, 3.63) is 129 Å². The molecule has 0 heterocycles. The standard InChI is InChI=1S/2C23H27.C2H3BN2O2.2ClH.Zr/c2*1-5-17(4)20-14-19-10-8-12-22(23(19)15-20)21-11-7-6-9-18(21)13-16(2)3;6-1-4-3-5-2-7;;;/h2*6-12,14-17H,5,13H2,1-4H3;1-2H,(H-,4,5,6,7);2*1H;/q;;;;;+1/p-1. The Labute approximate surface area is 344 Å². The van der Waals surface area contributed by atoms with Crippen LogP contribution < -0.4 is 10.5 Å². The van der Waals surface area contributed by atoms with Crippen molar-refractivity contribution in [1.82, 2.24) is 10.5 Å². The number of carbonyl (C=O) groups excluding carboxylic acids is 2. The van der Waals surface area contributed by atoms with E-state index < -0.39 is 27.9 Å². The summed E-state index contributed by atoms with van der Waals surface area (Å²) in [6.45, 7) is 18.0. The van der Waals surface area contributed by atoms with Gasteiger partial charge in [0.2, 0.25) is 0 Å². The third kappa shape index (κ3) is 7.60. The van der Waals surface area contributed by atoms with Gasteiger partial charge in [-0.05, 0) is 0 Å². The molecular weight excluding hydrogens is 809 g/mol. The van der Waals surface area contributed by atoms with E-state index in [-0.39, 0.29) is 11.8 Å². The van der Waals surface area contributed by atoms with Crippen LogP contribution in [0.4, 0.5) is 0 Å². The number of benzene rings is 4. The Morgan fingerprint density at radius 3 is 1.32 bits per heavy atom. The van der Waals surface area contributed by atoms with E-state index >= 15 is 0 Å². The van der Waals surface area contributed by atoms with Crippen LogP contribution in [0, 0.1) is 23.7 Å². The van der Waals surface area contributed by atoms with Crippen LogP contribution >= 0.6 is 17.0 Å². The van der Waals surface area contributed by atoms with Crippen molar-refractivity contribution in [3.8, 4) is 22.3 Å². The minimum atomic E-state index is -5.97. The second-order valence-electron chi connectivity index (χ2n) is 17.1. The summed E-state index contributed by atoms with van der Waals surface area (Å²) >= 11 is -5.97. The van der Waals surface area contributed by atoms with Gasteiger partial charge in [-0.2, -0.15) is 0 Å². The first-order valence-electron chi connectivity index (χ1n) is 20.6. The second kappa shape index (κ2) is 17.4. The van der Waals surface area contributed by atoms with Crippen LogP contribution in [0.25, 0.3) is 34.4 Å². The van der Waals surface area contributed by atoms with Crippen molar-refractivity contribution < 1.29 is 25.8 Å². The molecule has 0 bridgehead atoms. The van der Waals surface area contributed by atoms with Crippen LogP contribution in [0.15, 0.2) is 96.1 Å². The zero-order valence-corrected chi connectivity index (χ0v) is 38.3. The number of rotatable bonds is 17. The number of halogens is 2. The first-order chi connectivity index (χ1) is 26.8. The molecule has 2 aliphatic rings. The fourth-order valence-corrected chi connectivity index (χ4v) is 30.4. The van der Waals surface area contributed by atoms with Crippen LogP contribution in [0.3, 0.4) is 0 Å². The fraction of sp³-hybridized carbons (Fsp3) is 0.375. The van der Waals surface area contributed by atoms with E-state index in [1.165, 1.54) is 33.4 Å². The molecule has 4 aromatic rings. The van der Waals surface area contributed by atoms with Crippen LogP contribution in [0.1, 0.15) is 109 Å². The third-order valence-electron chi connectivity index (χ3n) is 12.5. The summed E-state index contributed by atoms with van der Waals surface area (Å²) in [4.78, 5) is 25.4. The number of allylic oxidation sites excluding steroid dienone is 2. The van der Waals surface area contributed by atoms with Crippen molar-refractivity contribution in [2.75, 3.05) is 0 Å². The molecule has 293 valence electrons. The van der Waals surface area contributed by atoms with Crippen LogP contribution in [-0.4, -0.2) is 17.3 Å². The number of fused-ring (bicyclic) bond motifs is 2. The molecule has 4 atom stereocenters. The zero-order chi connectivity index (χ0) is 40.4. The molecule has 4 nitrogen and oxygen atoms in total. The minimum absolute atomic E-state index is 0.135. The molecule has 8 heteroatoms. The second-order valence-corrected chi connectivity index (χ2v) is 38.5. The summed E-state index contributed by atoms with van der Waals surface area (Å²) < 4.78 is -1.78. The van der Waals surface area contributed by atoms with E-state index in [9.17, 15) is 9.59 Å². The fourth-order valence-electron chi connectivity index (χ4n) is 9.68. The Balaban J connectivity index is 1.70. The van der Waals surface area contributed by atoms with Crippen molar-refractivity contribution >= 4 is 46.5 Å². The van der Waals surface area contributed by atoms with Crippen molar-refractivity contribution in [3.63, 3.8) is 0 Å². The molecule has 2 N–H and O–H groups in total. The van der Waals surface area contributed by atoms with Crippen LogP contribution in [0.5, 0.6) is 0 Å². The number of carbonyl (C=O) groups is 2. The van der Waals surface area contributed by atoms with Crippen molar-refractivity contribution in [2.45, 2.75) is 88.3 Å². The molecular formula is C48H58BCl2N2O2Zr. The average Bonchev–Trinajstić information content (AvgIpc) is 3.79. The van der Waals surface area contributed by atoms with Crippen LogP contribution in [-0.2, 0) is 38.6 Å². The predicted octanol–water partition coefficient (Wildman–Crippen LogP) is 12.6. The molecule has 0 aromatic heterocycles. The summed E-state index contributed by atoms with van der Waals surface area (Å²) in [7, 11) is 17.7. The number of nitrogens with one attached hydrogen (secondary N) is 2. The van der Waals surface area contributed by atoms with Gasteiger partial charge in [-0.1, -0.05) is 0 Å². The van der Waals surface area contributed by atoms with Gasteiger partial charge in [-0.25, -0.2) is 0 Å². The molecule has 4 aromatic carbocycles. The molecule has 0 spiro atoms. The Morgan fingerprint density at radius 2 is 0.964 bits per heavy atom. The summed E-state index contributed by atoms with van der Waals surface area (Å²) in [5.41, 5.74) is 14.1. The Kier molecular flexibility index (Phi) is 13.2. The van der Waals surface area contributed by atoms with E-state index in [1.807, 2.05) is 0 Å².